The molecule has 1 aromatic rings. The van der Waals surface area contributed by atoms with Gasteiger partial charge in [0.05, 0.1) is 18.2 Å². The molecule has 1 aromatic heterocycles. The average Bonchev–Trinajstić information content (AvgIpc) is 2.79. The van der Waals surface area contributed by atoms with E-state index in [1.807, 2.05) is 5.38 Å². The van der Waals surface area contributed by atoms with Crippen molar-refractivity contribution in [3.63, 3.8) is 0 Å². The third kappa shape index (κ3) is 4.94. The van der Waals surface area contributed by atoms with Crippen molar-refractivity contribution in [2.75, 3.05) is 6.61 Å². The number of thiazole rings is 1. The van der Waals surface area contributed by atoms with Gasteiger partial charge in [-0.3, -0.25) is 0 Å². The summed E-state index contributed by atoms with van der Waals surface area (Å²) in [6, 6.07) is 0. The van der Waals surface area contributed by atoms with Crippen LogP contribution in [-0.4, -0.2) is 11.6 Å². The van der Waals surface area contributed by atoms with Gasteiger partial charge in [-0.2, -0.15) is 0 Å². The van der Waals surface area contributed by atoms with E-state index in [9.17, 15) is 0 Å². The lowest BCUT2D eigenvalue weighted by atomic mass is 10.1. The van der Waals surface area contributed by atoms with E-state index >= 15 is 0 Å². The first-order valence-corrected chi connectivity index (χ1v) is 7.74. The number of hydrogen-bond acceptors (Lipinski definition) is 3. The summed E-state index contributed by atoms with van der Waals surface area (Å²) in [7, 11) is 0. The van der Waals surface area contributed by atoms with Gasteiger partial charge in [-0.15, -0.1) is 22.9 Å². The quantitative estimate of drug-likeness (QED) is 0.637. The molecule has 0 fully saturated rings. The minimum absolute atomic E-state index is 0.135. The number of halogens is 1. The number of ether oxygens (including phenoxy) is 1. The second kappa shape index (κ2) is 8.06. The maximum Gasteiger partial charge on any atom is 0.122 e. The SMILES string of the molecule is CCCC(C)COC(CC)c1nc(CCl)cs1. The monoisotopic (exact) mass is 275 g/mol. The smallest absolute Gasteiger partial charge is 0.122 e. The van der Waals surface area contributed by atoms with Gasteiger partial charge in [-0.25, -0.2) is 4.98 Å². The molecule has 98 valence electrons. The summed E-state index contributed by atoms with van der Waals surface area (Å²) < 4.78 is 5.95. The van der Waals surface area contributed by atoms with Crippen LogP contribution in [0.25, 0.3) is 0 Å². The summed E-state index contributed by atoms with van der Waals surface area (Å²) in [5, 5.41) is 3.08. The predicted molar refractivity (Wildman–Crippen MR) is 74.7 cm³/mol. The summed E-state index contributed by atoms with van der Waals surface area (Å²) in [6.45, 7) is 7.41. The van der Waals surface area contributed by atoms with Crippen molar-refractivity contribution in [2.24, 2.45) is 5.92 Å². The first kappa shape index (κ1) is 14.9. The first-order chi connectivity index (χ1) is 8.21. The molecule has 0 saturated carbocycles. The highest BCUT2D eigenvalue weighted by Crippen LogP contribution is 2.26. The van der Waals surface area contributed by atoms with Gasteiger partial charge in [0.15, 0.2) is 0 Å². The number of alkyl halides is 1. The Morgan fingerprint density at radius 1 is 1.47 bits per heavy atom. The summed E-state index contributed by atoms with van der Waals surface area (Å²) in [5.41, 5.74) is 0.954. The molecule has 0 spiro atoms. The Bertz CT molecular complexity index is 316. The van der Waals surface area contributed by atoms with E-state index in [4.69, 9.17) is 16.3 Å². The Hall–Kier alpha value is -0.120. The molecule has 4 heteroatoms. The topological polar surface area (TPSA) is 22.1 Å². The van der Waals surface area contributed by atoms with Gasteiger partial charge in [-0.05, 0) is 18.8 Å². The van der Waals surface area contributed by atoms with E-state index in [0.717, 1.165) is 23.7 Å². The number of nitrogens with zero attached hydrogens (tertiary/aromatic N) is 1. The minimum atomic E-state index is 0.135. The average molecular weight is 276 g/mol. The second-order valence-electron chi connectivity index (χ2n) is 4.43. The Kier molecular flexibility index (Phi) is 7.09. The second-order valence-corrected chi connectivity index (χ2v) is 5.59. The van der Waals surface area contributed by atoms with Gasteiger partial charge < -0.3 is 4.74 Å². The molecule has 0 aliphatic rings. The van der Waals surface area contributed by atoms with Gasteiger partial charge in [0.25, 0.3) is 0 Å². The third-order valence-electron chi connectivity index (χ3n) is 2.72. The zero-order valence-electron chi connectivity index (χ0n) is 10.9. The molecule has 0 aromatic carbocycles. The zero-order chi connectivity index (χ0) is 12.7. The molecule has 0 aliphatic heterocycles. The standard InChI is InChI=1S/C13H22ClNOS/c1-4-6-10(3)8-16-12(5-2)13-15-11(7-14)9-17-13/h9-10,12H,4-8H2,1-3H3. The van der Waals surface area contributed by atoms with E-state index in [2.05, 4.69) is 25.8 Å². The molecular formula is C13H22ClNOS. The normalized spacial score (nSPS) is 14.8. The summed E-state index contributed by atoms with van der Waals surface area (Å²) in [6.07, 6.45) is 3.54. The molecular weight excluding hydrogens is 254 g/mol. The molecule has 0 amide bonds. The molecule has 17 heavy (non-hydrogen) atoms. The van der Waals surface area contributed by atoms with Crippen LogP contribution in [-0.2, 0) is 10.6 Å². The highest BCUT2D eigenvalue weighted by Gasteiger charge is 2.15. The highest BCUT2D eigenvalue weighted by atomic mass is 35.5. The molecule has 1 heterocycles. The van der Waals surface area contributed by atoms with Crippen LogP contribution >= 0.6 is 22.9 Å². The lowest BCUT2D eigenvalue weighted by molar-refractivity contribution is 0.0272. The molecule has 0 radical (unpaired) electrons. The molecule has 2 atom stereocenters. The van der Waals surface area contributed by atoms with Crippen molar-refractivity contribution in [2.45, 2.75) is 52.0 Å². The molecule has 2 nitrogen and oxygen atoms in total. The minimum Gasteiger partial charge on any atom is -0.371 e. The van der Waals surface area contributed by atoms with E-state index in [0.29, 0.717) is 11.8 Å². The van der Waals surface area contributed by atoms with Crippen molar-refractivity contribution in [1.29, 1.82) is 0 Å². The maximum atomic E-state index is 5.95. The van der Waals surface area contributed by atoms with Gasteiger partial charge in [-0.1, -0.05) is 27.2 Å². The van der Waals surface area contributed by atoms with Crippen LogP contribution in [0.5, 0.6) is 0 Å². The summed E-state index contributed by atoms with van der Waals surface area (Å²) in [5.74, 6) is 1.11. The molecule has 0 saturated heterocycles. The van der Waals surface area contributed by atoms with Crippen molar-refractivity contribution in [3.8, 4) is 0 Å². The Morgan fingerprint density at radius 3 is 2.76 bits per heavy atom. The van der Waals surface area contributed by atoms with Gasteiger partial charge >= 0.3 is 0 Å². The van der Waals surface area contributed by atoms with E-state index < -0.39 is 0 Å². The fourth-order valence-electron chi connectivity index (χ4n) is 1.75. The molecule has 2 unspecified atom stereocenters. The van der Waals surface area contributed by atoms with Crippen molar-refractivity contribution >= 4 is 22.9 Å². The predicted octanol–water partition coefficient (Wildman–Crippen LogP) is 4.79. The molecule has 0 N–H and O–H groups in total. The van der Waals surface area contributed by atoms with Crippen LogP contribution in [0.15, 0.2) is 5.38 Å². The Morgan fingerprint density at radius 2 is 2.24 bits per heavy atom. The first-order valence-electron chi connectivity index (χ1n) is 6.33. The van der Waals surface area contributed by atoms with Crippen molar-refractivity contribution in [1.82, 2.24) is 4.98 Å². The molecule has 1 rings (SSSR count). The lowest BCUT2D eigenvalue weighted by Crippen LogP contribution is -2.10. The maximum absolute atomic E-state index is 5.95. The van der Waals surface area contributed by atoms with Crippen LogP contribution in [0.4, 0.5) is 0 Å². The molecule has 0 aliphatic carbocycles. The number of rotatable bonds is 8. The largest absolute Gasteiger partial charge is 0.371 e. The van der Waals surface area contributed by atoms with Crippen LogP contribution in [0.1, 0.15) is 56.8 Å². The zero-order valence-corrected chi connectivity index (χ0v) is 12.5. The number of aromatic nitrogens is 1. The third-order valence-corrected chi connectivity index (χ3v) is 3.98. The van der Waals surface area contributed by atoms with Crippen LogP contribution < -0.4 is 0 Å². The summed E-state index contributed by atoms with van der Waals surface area (Å²) >= 11 is 7.41. The van der Waals surface area contributed by atoms with Gasteiger partial charge in [0.2, 0.25) is 0 Å². The van der Waals surface area contributed by atoms with Gasteiger partial charge in [0.1, 0.15) is 11.1 Å². The molecule has 0 bridgehead atoms. The van der Waals surface area contributed by atoms with Crippen LogP contribution in [0, 0.1) is 5.92 Å². The van der Waals surface area contributed by atoms with E-state index in [1.165, 1.54) is 12.8 Å². The van der Waals surface area contributed by atoms with Crippen molar-refractivity contribution in [3.05, 3.63) is 16.1 Å². The van der Waals surface area contributed by atoms with Crippen LogP contribution in [0.2, 0.25) is 0 Å². The lowest BCUT2D eigenvalue weighted by Gasteiger charge is -2.17. The van der Waals surface area contributed by atoms with E-state index in [1.54, 1.807) is 11.3 Å². The van der Waals surface area contributed by atoms with Gasteiger partial charge in [0, 0.05) is 5.38 Å². The Balaban J connectivity index is 2.47. The fourth-order valence-corrected chi connectivity index (χ4v) is 2.93. The van der Waals surface area contributed by atoms with Crippen molar-refractivity contribution < 1.29 is 4.74 Å². The Labute approximate surface area is 113 Å². The summed E-state index contributed by atoms with van der Waals surface area (Å²) in [4.78, 5) is 4.49. The number of hydrogen-bond donors (Lipinski definition) is 0. The van der Waals surface area contributed by atoms with E-state index in [-0.39, 0.29) is 6.10 Å². The van der Waals surface area contributed by atoms with Crippen LogP contribution in [0.3, 0.4) is 0 Å². The fraction of sp³-hybridized carbons (Fsp3) is 0.769. The highest BCUT2D eigenvalue weighted by molar-refractivity contribution is 7.09.